The summed E-state index contributed by atoms with van der Waals surface area (Å²) in [5.74, 6) is 0. The average Bonchev–Trinajstić information content (AvgIpc) is 2.05. The first-order valence-electron chi connectivity index (χ1n) is 5.37. The molecule has 1 fully saturated rings. The molecule has 1 rings (SSSR count). The summed E-state index contributed by atoms with van der Waals surface area (Å²) in [6, 6.07) is 0.265. The van der Waals surface area contributed by atoms with Gasteiger partial charge in [0.2, 0.25) is 0 Å². The molecule has 0 aromatic rings. The third-order valence-electron chi connectivity index (χ3n) is 2.19. The van der Waals surface area contributed by atoms with E-state index in [1.807, 2.05) is 25.8 Å². The van der Waals surface area contributed by atoms with Gasteiger partial charge in [-0.3, -0.25) is 5.43 Å². The first-order valence-corrected chi connectivity index (χ1v) is 5.37. The molecular weight excluding hydrogens is 194 g/mol. The summed E-state index contributed by atoms with van der Waals surface area (Å²) >= 11 is 0. The van der Waals surface area contributed by atoms with Crippen LogP contribution in [0.2, 0.25) is 0 Å². The molecule has 88 valence electrons. The molecule has 5 nitrogen and oxygen atoms in total. The van der Waals surface area contributed by atoms with E-state index in [0.717, 1.165) is 25.9 Å². The van der Waals surface area contributed by atoms with Crippen LogP contribution in [-0.2, 0) is 4.74 Å². The number of piperidine rings is 1. The number of rotatable bonds is 1. The van der Waals surface area contributed by atoms with E-state index in [1.165, 1.54) is 0 Å². The normalized spacial score (nSPS) is 20.0. The van der Waals surface area contributed by atoms with Gasteiger partial charge in [0, 0.05) is 19.1 Å². The number of nitrogens with two attached hydrogens (primary N) is 1. The SMILES string of the molecule is CC(C)(C)OC(=O)NN1CCC(N)CC1. The van der Waals surface area contributed by atoms with Crippen LogP contribution in [0.1, 0.15) is 33.6 Å². The Labute approximate surface area is 90.9 Å². The van der Waals surface area contributed by atoms with Crippen molar-refractivity contribution in [3.8, 4) is 0 Å². The smallest absolute Gasteiger partial charge is 0.422 e. The van der Waals surface area contributed by atoms with Gasteiger partial charge in [-0.25, -0.2) is 9.80 Å². The van der Waals surface area contributed by atoms with E-state index in [-0.39, 0.29) is 6.04 Å². The van der Waals surface area contributed by atoms with Crippen molar-refractivity contribution in [3.05, 3.63) is 0 Å². The molecule has 0 unspecified atom stereocenters. The summed E-state index contributed by atoms with van der Waals surface area (Å²) in [6.45, 7) is 7.12. The second-order valence-corrected chi connectivity index (χ2v) is 4.94. The molecule has 3 N–H and O–H groups in total. The van der Waals surface area contributed by atoms with Gasteiger partial charge >= 0.3 is 6.09 Å². The largest absolute Gasteiger partial charge is 0.443 e. The number of ether oxygens (including phenoxy) is 1. The minimum atomic E-state index is -0.448. The molecule has 0 aromatic heterocycles. The summed E-state index contributed by atoms with van der Waals surface area (Å²) in [6.07, 6.45) is 1.43. The predicted octanol–water partition coefficient (Wildman–Crippen LogP) is 0.849. The quantitative estimate of drug-likeness (QED) is 0.680. The first kappa shape index (κ1) is 12.3. The van der Waals surface area contributed by atoms with Gasteiger partial charge in [0.05, 0.1) is 0 Å². The number of hydrogen-bond donors (Lipinski definition) is 2. The van der Waals surface area contributed by atoms with E-state index < -0.39 is 11.7 Å². The number of hydrazine groups is 1. The third-order valence-corrected chi connectivity index (χ3v) is 2.19. The van der Waals surface area contributed by atoms with Gasteiger partial charge in [-0.2, -0.15) is 0 Å². The molecule has 5 heteroatoms. The molecule has 0 bridgehead atoms. The fraction of sp³-hybridized carbons (Fsp3) is 0.900. The zero-order chi connectivity index (χ0) is 11.5. The van der Waals surface area contributed by atoms with Crippen LogP contribution in [0.25, 0.3) is 0 Å². The lowest BCUT2D eigenvalue weighted by molar-refractivity contribution is 0.0288. The number of nitrogens with one attached hydrogen (secondary N) is 1. The lowest BCUT2D eigenvalue weighted by Gasteiger charge is -2.31. The Morgan fingerprint density at radius 1 is 1.40 bits per heavy atom. The summed E-state index contributed by atoms with van der Waals surface area (Å²) in [5.41, 5.74) is 8.02. The lowest BCUT2D eigenvalue weighted by atomic mass is 10.1. The third kappa shape index (κ3) is 4.99. The van der Waals surface area contributed by atoms with Crippen LogP contribution in [0.15, 0.2) is 0 Å². The van der Waals surface area contributed by atoms with Gasteiger partial charge in [0.15, 0.2) is 0 Å². The molecule has 1 aliphatic rings. The molecule has 1 amide bonds. The standard InChI is InChI=1S/C10H21N3O2/c1-10(2,3)15-9(14)12-13-6-4-8(11)5-7-13/h8H,4-7,11H2,1-3H3,(H,12,14). The Bertz CT molecular complexity index is 217. The fourth-order valence-corrected chi connectivity index (χ4v) is 1.44. The van der Waals surface area contributed by atoms with Crippen LogP contribution in [0.5, 0.6) is 0 Å². The van der Waals surface area contributed by atoms with Gasteiger partial charge < -0.3 is 10.5 Å². The highest BCUT2D eigenvalue weighted by molar-refractivity contribution is 5.67. The van der Waals surface area contributed by atoms with Crippen molar-refractivity contribution < 1.29 is 9.53 Å². The Morgan fingerprint density at radius 2 is 1.93 bits per heavy atom. The van der Waals surface area contributed by atoms with Crippen LogP contribution in [0.4, 0.5) is 4.79 Å². The van der Waals surface area contributed by atoms with Crippen LogP contribution in [0.3, 0.4) is 0 Å². The van der Waals surface area contributed by atoms with E-state index >= 15 is 0 Å². The number of carbonyl (C=O) groups excluding carboxylic acids is 1. The molecule has 1 heterocycles. The Morgan fingerprint density at radius 3 is 2.40 bits per heavy atom. The summed E-state index contributed by atoms with van der Waals surface area (Å²) < 4.78 is 5.14. The van der Waals surface area contributed by atoms with E-state index in [2.05, 4.69) is 5.43 Å². The molecule has 0 aromatic carbocycles. The molecule has 0 atom stereocenters. The number of hydrogen-bond acceptors (Lipinski definition) is 4. The van der Waals surface area contributed by atoms with Crippen molar-refractivity contribution in [2.24, 2.45) is 5.73 Å². The van der Waals surface area contributed by atoms with Gasteiger partial charge in [0.1, 0.15) is 5.60 Å². The molecular formula is C10H21N3O2. The van der Waals surface area contributed by atoms with Crippen molar-refractivity contribution in [1.29, 1.82) is 0 Å². The Balaban J connectivity index is 2.27. The van der Waals surface area contributed by atoms with Crippen molar-refractivity contribution >= 4 is 6.09 Å². The predicted molar refractivity (Wildman–Crippen MR) is 58.2 cm³/mol. The maximum absolute atomic E-state index is 11.4. The van der Waals surface area contributed by atoms with Crippen LogP contribution < -0.4 is 11.2 Å². The molecule has 1 saturated heterocycles. The van der Waals surface area contributed by atoms with Gasteiger partial charge in [-0.1, -0.05) is 0 Å². The number of nitrogens with zero attached hydrogens (tertiary/aromatic N) is 1. The van der Waals surface area contributed by atoms with Crippen LogP contribution in [-0.4, -0.2) is 35.8 Å². The van der Waals surface area contributed by atoms with Gasteiger partial charge in [-0.15, -0.1) is 0 Å². The average molecular weight is 215 g/mol. The number of carbonyl (C=O) groups is 1. The zero-order valence-corrected chi connectivity index (χ0v) is 9.75. The zero-order valence-electron chi connectivity index (χ0n) is 9.75. The summed E-state index contributed by atoms with van der Waals surface area (Å²) in [4.78, 5) is 11.4. The highest BCUT2D eigenvalue weighted by atomic mass is 16.6. The number of amides is 1. The minimum Gasteiger partial charge on any atom is -0.443 e. The Kier molecular flexibility index (Phi) is 3.93. The van der Waals surface area contributed by atoms with Crippen molar-refractivity contribution in [1.82, 2.24) is 10.4 Å². The monoisotopic (exact) mass is 215 g/mol. The fourth-order valence-electron chi connectivity index (χ4n) is 1.44. The van der Waals surface area contributed by atoms with E-state index in [9.17, 15) is 4.79 Å². The molecule has 0 aliphatic carbocycles. The molecule has 0 spiro atoms. The van der Waals surface area contributed by atoms with Crippen LogP contribution in [0, 0.1) is 0 Å². The summed E-state index contributed by atoms with van der Waals surface area (Å²) in [7, 11) is 0. The van der Waals surface area contributed by atoms with Crippen LogP contribution >= 0.6 is 0 Å². The molecule has 0 saturated carbocycles. The molecule has 1 aliphatic heterocycles. The summed E-state index contributed by atoms with van der Waals surface area (Å²) in [5, 5.41) is 1.86. The molecule has 0 radical (unpaired) electrons. The highest BCUT2D eigenvalue weighted by Crippen LogP contribution is 2.09. The lowest BCUT2D eigenvalue weighted by Crippen LogP contribution is -2.50. The Hall–Kier alpha value is -0.810. The molecule has 15 heavy (non-hydrogen) atoms. The topological polar surface area (TPSA) is 67.6 Å². The van der Waals surface area contributed by atoms with Gasteiger partial charge in [0.25, 0.3) is 0 Å². The maximum atomic E-state index is 11.4. The second-order valence-electron chi connectivity index (χ2n) is 4.94. The van der Waals surface area contributed by atoms with Crippen molar-refractivity contribution in [3.63, 3.8) is 0 Å². The highest BCUT2D eigenvalue weighted by Gasteiger charge is 2.21. The van der Waals surface area contributed by atoms with E-state index in [4.69, 9.17) is 10.5 Å². The van der Waals surface area contributed by atoms with E-state index in [1.54, 1.807) is 0 Å². The van der Waals surface area contributed by atoms with Gasteiger partial charge in [-0.05, 0) is 33.6 Å². The second kappa shape index (κ2) is 4.81. The van der Waals surface area contributed by atoms with Crippen molar-refractivity contribution in [2.75, 3.05) is 13.1 Å². The van der Waals surface area contributed by atoms with Crippen molar-refractivity contribution in [2.45, 2.75) is 45.3 Å². The first-order chi connectivity index (χ1) is 6.87. The minimum absolute atomic E-state index is 0.265. The van der Waals surface area contributed by atoms with E-state index in [0.29, 0.717) is 0 Å². The maximum Gasteiger partial charge on any atom is 0.422 e.